The Morgan fingerprint density at radius 2 is 2.32 bits per heavy atom. The standard InChI is InChI=1S/C13H16N4S2/c1-3-9-6-16-13(19-9)8(2)17-11-7-15-5-4-10(11)12(14)18/h4-8,17H,3H2,1-2H3,(H2,14,18). The van der Waals surface area contributed by atoms with Crippen molar-refractivity contribution >= 4 is 34.2 Å². The molecule has 3 N–H and O–H groups in total. The first-order chi connectivity index (χ1) is 9.11. The van der Waals surface area contributed by atoms with Gasteiger partial charge in [-0.1, -0.05) is 19.1 Å². The average Bonchev–Trinajstić information content (AvgIpc) is 2.88. The van der Waals surface area contributed by atoms with Crippen LogP contribution in [0.25, 0.3) is 0 Å². The van der Waals surface area contributed by atoms with E-state index in [-0.39, 0.29) is 6.04 Å². The first-order valence-electron chi connectivity index (χ1n) is 6.06. The number of nitrogens with zero attached hydrogens (tertiary/aromatic N) is 2. The summed E-state index contributed by atoms with van der Waals surface area (Å²) in [6.45, 7) is 4.19. The highest BCUT2D eigenvalue weighted by molar-refractivity contribution is 7.80. The lowest BCUT2D eigenvalue weighted by Crippen LogP contribution is -2.15. The van der Waals surface area contributed by atoms with Crippen LogP contribution in [0.1, 0.15) is 35.3 Å². The zero-order valence-electron chi connectivity index (χ0n) is 10.9. The van der Waals surface area contributed by atoms with Crippen LogP contribution >= 0.6 is 23.6 Å². The van der Waals surface area contributed by atoms with Gasteiger partial charge in [-0.25, -0.2) is 4.98 Å². The predicted molar refractivity (Wildman–Crippen MR) is 83.7 cm³/mol. The van der Waals surface area contributed by atoms with Gasteiger partial charge in [-0.3, -0.25) is 4.98 Å². The molecule has 2 heterocycles. The Hall–Kier alpha value is -1.53. The number of anilines is 1. The number of rotatable bonds is 5. The number of thiocarbonyl (C=S) groups is 1. The molecule has 0 spiro atoms. The van der Waals surface area contributed by atoms with E-state index in [1.54, 1.807) is 23.7 Å². The van der Waals surface area contributed by atoms with Gasteiger partial charge < -0.3 is 11.1 Å². The highest BCUT2D eigenvalue weighted by atomic mass is 32.1. The predicted octanol–water partition coefficient (Wildman–Crippen LogP) is 2.91. The lowest BCUT2D eigenvalue weighted by Gasteiger charge is -2.15. The summed E-state index contributed by atoms with van der Waals surface area (Å²) in [5.41, 5.74) is 7.36. The van der Waals surface area contributed by atoms with Gasteiger partial charge >= 0.3 is 0 Å². The summed E-state index contributed by atoms with van der Waals surface area (Å²) in [5.74, 6) is 0. The van der Waals surface area contributed by atoms with E-state index in [1.807, 2.05) is 12.3 Å². The molecule has 2 aromatic rings. The van der Waals surface area contributed by atoms with Gasteiger partial charge in [-0.15, -0.1) is 11.3 Å². The summed E-state index contributed by atoms with van der Waals surface area (Å²) in [6.07, 6.45) is 6.35. The van der Waals surface area contributed by atoms with Crippen molar-refractivity contribution in [3.8, 4) is 0 Å². The molecule has 4 nitrogen and oxygen atoms in total. The highest BCUT2D eigenvalue weighted by Gasteiger charge is 2.13. The van der Waals surface area contributed by atoms with E-state index in [0.29, 0.717) is 4.99 Å². The van der Waals surface area contributed by atoms with Crippen molar-refractivity contribution in [2.45, 2.75) is 26.3 Å². The lowest BCUT2D eigenvalue weighted by molar-refractivity contribution is 0.867. The van der Waals surface area contributed by atoms with Gasteiger partial charge in [0.05, 0.1) is 17.9 Å². The molecule has 0 radical (unpaired) electrons. The van der Waals surface area contributed by atoms with Crippen molar-refractivity contribution in [2.24, 2.45) is 5.73 Å². The Morgan fingerprint density at radius 3 is 2.95 bits per heavy atom. The molecule has 1 unspecified atom stereocenters. The van der Waals surface area contributed by atoms with Gasteiger partial charge in [0.2, 0.25) is 0 Å². The van der Waals surface area contributed by atoms with E-state index in [2.05, 4.69) is 29.1 Å². The number of nitrogens with two attached hydrogens (primary N) is 1. The molecule has 0 amide bonds. The molecule has 0 saturated heterocycles. The number of nitrogens with one attached hydrogen (secondary N) is 1. The summed E-state index contributed by atoms with van der Waals surface area (Å²) in [7, 11) is 0. The smallest absolute Gasteiger partial charge is 0.115 e. The Balaban J connectivity index is 2.19. The van der Waals surface area contributed by atoms with Crippen LogP contribution in [0.3, 0.4) is 0 Å². The third-order valence-electron chi connectivity index (χ3n) is 2.75. The fourth-order valence-corrected chi connectivity index (χ4v) is 2.74. The third-order valence-corrected chi connectivity index (χ3v) is 4.29. The maximum absolute atomic E-state index is 5.71. The monoisotopic (exact) mass is 292 g/mol. The van der Waals surface area contributed by atoms with Gasteiger partial charge in [-0.2, -0.15) is 0 Å². The van der Waals surface area contributed by atoms with Crippen LogP contribution in [0.4, 0.5) is 5.69 Å². The maximum Gasteiger partial charge on any atom is 0.115 e. The molecule has 0 aliphatic carbocycles. The fourth-order valence-electron chi connectivity index (χ4n) is 1.71. The van der Waals surface area contributed by atoms with Gasteiger partial charge in [0.25, 0.3) is 0 Å². The Labute approximate surface area is 122 Å². The van der Waals surface area contributed by atoms with Gasteiger partial charge in [0, 0.05) is 22.8 Å². The minimum atomic E-state index is 0.0996. The first kappa shape index (κ1) is 13.9. The zero-order valence-corrected chi connectivity index (χ0v) is 12.5. The van der Waals surface area contributed by atoms with Gasteiger partial charge in [0.1, 0.15) is 10.00 Å². The van der Waals surface area contributed by atoms with Crippen molar-refractivity contribution in [1.82, 2.24) is 9.97 Å². The fraction of sp³-hybridized carbons (Fsp3) is 0.308. The largest absolute Gasteiger partial charge is 0.389 e. The second-order valence-electron chi connectivity index (χ2n) is 4.17. The minimum absolute atomic E-state index is 0.0996. The molecular weight excluding hydrogens is 276 g/mol. The molecule has 0 fully saturated rings. The molecule has 19 heavy (non-hydrogen) atoms. The minimum Gasteiger partial charge on any atom is -0.389 e. The van der Waals surface area contributed by atoms with Gasteiger partial charge in [-0.05, 0) is 19.4 Å². The second-order valence-corrected chi connectivity index (χ2v) is 5.76. The van der Waals surface area contributed by atoms with Crippen LogP contribution in [-0.2, 0) is 6.42 Å². The van der Waals surface area contributed by atoms with E-state index < -0.39 is 0 Å². The molecule has 0 bridgehead atoms. The summed E-state index contributed by atoms with van der Waals surface area (Å²) in [6, 6.07) is 1.92. The maximum atomic E-state index is 5.71. The van der Waals surface area contributed by atoms with Crippen molar-refractivity contribution < 1.29 is 0 Å². The molecular formula is C13H16N4S2. The normalized spacial score (nSPS) is 12.1. The van der Waals surface area contributed by atoms with Crippen molar-refractivity contribution in [1.29, 1.82) is 0 Å². The lowest BCUT2D eigenvalue weighted by atomic mass is 10.2. The second kappa shape index (κ2) is 6.08. The Morgan fingerprint density at radius 1 is 1.53 bits per heavy atom. The first-order valence-corrected chi connectivity index (χ1v) is 7.29. The quantitative estimate of drug-likeness (QED) is 0.830. The summed E-state index contributed by atoms with van der Waals surface area (Å²) < 4.78 is 0. The van der Waals surface area contributed by atoms with E-state index in [4.69, 9.17) is 18.0 Å². The zero-order chi connectivity index (χ0) is 13.8. The van der Waals surface area contributed by atoms with Crippen LogP contribution in [0.2, 0.25) is 0 Å². The molecule has 2 rings (SSSR count). The van der Waals surface area contributed by atoms with Gasteiger partial charge in [0.15, 0.2) is 0 Å². The topological polar surface area (TPSA) is 63.8 Å². The number of pyridine rings is 1. The molecule has 2 aromatic heterocycles. The number of aromatic nitrogens is 2. The van der Waals surface area contributed by atoms with Crippen LogP contribution in [-0.4, -0.2) is 15.0 Å². The molecule has 100 valence electrons. The van der Waals surface area contributed by atoms with Crippen LogP contribution in [0.5, 0.6) is 0 Å². The number of thiazole rings is 1. The number of hydrogen-bond donors (Lipinski definition) is 2. The van der Waals surface area contributed by atoms with Crippen molar-refractivity contribution in [2.75, 3.05) is 5.32 Å². The van der Waals surface area contributed by atoms with Crippen LogP contribution in [0.15, 0.2) is 24.7 Å². The Bertz CT molecular complexity index is 580. The van der Waals surface area contributed by atoms with E-state index in [0.717, 1.165) is 22.7 Å². The summed E-state index contributed by atoms with van der Waals surface area (Å²) in [4.78, 5) is 10.2. The van der Waals surface area contributed by atoms with Crippen molar-refractivity contribution in [3.63, 3.8) is 0 Å². The third kappa shape index (κ3) is 3.27. The van der Waals surface area contributed by atoms with E-state index >= 15 is 0 Å². The molecule has 6 heteroatoms. The molecule has 1 atom stereocenters. The number of aryl methyl sites for hydroxylation is 1. The summed E-state index contributed by atoms with van der Waals surface area (Å²) in [5, 5.41) is 4.41. The molecule has 0 aliphatic heterocycles. The van der Waals surface area contributed by atoms with E-state index in [1.165, 1.54) is 4.88 Å². The number of hydrogen-bond acceptors (Lipinski definition) is 5. The summed E-state index contributed by atoms with van der Waals surface area (Å²) >= 11 is 6.76. The van der Waals surface area contributed by atoms with E-state index in [9.17, 15) is 0 Å². The average molecular weight is 292 g/mol. The van der Waals surface area contributed by atoms with Crippen molar-refractivity contribution in [3.05, 3.63) is 40.1 Å². The van der Waals surface area contributed by atoms with Crippen LogP contribution < -0.4 is 11.1 Å². The molecule has 0 aliphatic rings. The SMILES string of the molecule is CCc1cnc(C(C)Nc2cnccc2C(N)=S)s1. The molecule has 0 saturated carbocycles. The molecule has 0 aromatic carbocycles. The highest BCUT2D eigenvalue weighted by Crippen LogP contribution is 2.25. The Kier molecular flexibility index (Phi) is 4.44. The van der Waals surface area contributed by atoms with Crippen LogP contribution in [0, 0.1) is 0 Å².